The molecule has 0 spiro atoms. The maximum Gasteiger partial charge on any atom is 0.387 e. The van der Waals surface area contributed by atoms with Crippen LogP contribution >= 0.6 is 0 Å². The standard InChI is InChI=1S/C17H17F2NO3/c1-22-15-4-2-3-13(16(15)21)11-20-10-9-12-5-7-14(8-6-12)23-17(18)19/h2-8,11,17,21H,9-10H2,1H3. The summed E-state index contributed by atoms with van der Waals surface area (Å²) in [6, 6.07) is 11.6. The van der Waals surface area contributed by atoms with Crippen LogP contribution in [0, 0.1) is 0 Å². The number of benzene rings is 2. The number of hydrogen-bond acceptors (Lipinski definition) is 4. The van der Waals surface area contributed by atoms with Crippen molar-refractivity contribution in [3.8, 4) is 17.2 Å². The monoisotopic (exact) mass is 321 g/mol. The number of hydrogen-bond donors (Lipinski definition) is 1. The smallest absolute Gasteiger partial charge is 0.387 e. The lowest BCUT2D eigenvalue weighted by molar-refractivity contribution is -0.0498. The number of aliphatic imine (C=N–C) groups is 1. The summed E-state index contributed by atoms with van der Waals surface area (Å²) in [5.74, 6) is 0.573. The van der Waals surface area contributed by atoms with Crippen molar-refractivity contribution in [3.63, 3.8) is 0 Å². The van der Waals surface area contributed by atoms with Crippen molar-refractivity contribution in [2.75, 3.05) is 13.7 Å². The van der Waals surface area contributed by atoms with Crippen LogP contribution in [-0.4, -0.2) is 31.6 Å². The van der Waals surface area contributed by atoms with Gasteiger partial charge in [0.15, 0.2) is 11.5 Å². The number of para-hydroxylation sites is 1. The van der Waals surface area contributed by atoms with Crippen molar-refractivity contribution in [2.45, 2.75) is 13.0 Å². The topological polar surface area (TPSA) is 51.0 Å². The third-order valence-electron chi connectivity index (χ3n) is 3.16. The summed E-state index contributed by atoms with van der Waals surface area (Å²) in [5.41, 5.74) is 1.53. The number of phenols is 1. The Morgan fingerprint density at radius 2 is 1.91 bits per heavy atom. The van der Waals surface area contributed by atoms with Gasteiger partial charge in [0.05, 0.1) is 7.11 Å². The predicted molar refractivity (Wildman–Crippen MR) is 83.9 cm³/mol. The van der Waals surface area contributed by atoms with Crippen LogP contribution in [0.2, 0.25) is 0 Å². The van der Waals surface area contributed by atoms with Crippen LogP contribution in [0.3, 0.4) is 0 Å². The van der Waals surface area contributed by atoms with Gasteiger partial charge in [0, 0.05) is 18.3 Å². The Kier molecular flexibility index (Phi) is 5.91. The van der Waals surface area contributed by atoms with Gasteiger partial charge in [-0.1, -0.05) is 18.2 Å². The maximum atomic E-state index is 12.0. The van der Waals surface area contributed by atoms with Gasteiger partial charge in [0.25, 0.3) is 0 Å². The van der Waals surface area contributed by atoms with E-state index < -0.39 is 6.61 Å². The average Bonchev–Trinajstić information content (AvgIpc) is 2.54. The fourth-order valence-electron chi connectivity index (χ4n) is 2.00. The quantitative estimate of drug-likeness (QED) is 0.792. The third kappa shape index (κ3) is 4.95. The van der Waals surface area contributed by atoms with E-state index in [1.54, 1.807) is 36.5 Å². The van der Waals surface area contributed by atoms with Gasteiger partial charge >= 0.3 is 6.61 Å². The van der Waals surface area contributed by atoms with Crippen molar-refractivity contribution in [3.05, 3.63) is 53.6 Å². The molecule has 0 bridgehead atoms. The normalized spacial score (nSPS) is 11.1. The van der Waals surface area contributed by atoms with Crippen LogP contribution in [0.4, 0.5) is 8.78 Å². The Labute approximate surface area is 133 Å². The Balaban J connectivity index is 1.89. The number of phenolic OH excluding ortho intramolecular Hbond substituents is 1. The fraction of sp³-hybridized carbons (Fsp3) is 0.235. The summed E-state index contributed by atoms with van der Waals surface area (Å²) in [6.07, 6.45) is 2.22. The summed E-state index contributed by atoms with van der Waals surface area (Å²) in [5, 5.41) is 9.92. The first kappa shape index (κ1) is 16.7. The second-order valence-corrected chi connectivity index (χ2v) is 4.71. The molecule has 23 heavy (non-hydrogen) atoms. The van der Waals surface area contributed by atoms with Crippen molar-refractivity contribution < 1.29 is 23.4 Å². The molecule has 0 fully saturated rings. The highest BCUT2D eigenvalue weighted by Crippen LogP contribution is 2.28. The molecule has 0 saturated heterocycles. The largest absolute Gasteiger partial charge is 0.504 e. The van der Waals surface area contributed by atoms with Crippen LogP contribution < -0.4 is 9.47 Å². The zero-order chi connectivity index (χ0) is 16.7. The first-order chi connectivity index (χ1) is 11.1. The molecule has 2 aromatic carbocycles. The molecule has 122 valence electrons. The second-order valence-electron chi connectivity index (χ2n) is 4.71. The van der Waals surface area contributed by atoms with E-state index in [-0.39, 0.29) is 11.5 Å². The van der Waals surface area contributed by atoms with E-state index in [0.717, 1.165) is 5.56 Å². The summed E-state index contributed by atoms with van der Waals surface area (Å²) >= 11 is 0. The summed E-state index contributed by atoms with van der Waals surface area (Å²) in [7, 11) is 1.48. The molecular weight excluding hydrogens is 304 g/mol. The molecule has 0 aromatic heterocycles. The van der Waals surface area contributed by atoms with Crippen molar-refractivity contribution in [1.82, 2.24) is 0 Å². The molecule has 0 unspecified atom stereocenters. The van der Waals surface area contributed by atoms with Crippen molar-refractivity contribution >= 4 is 6.21 Å². The zero-order valence-corrected chi connectivity index (χ0v) is 12.6. The van der Waals surface area contributed by atoms with Gasteiger partial charge in [0.1, 0.15) is 5.75 Å². The minimum Gasteiger partial charge on any atom is -0.504 e. The molecule has 0 saturated carbocycles. The lowest BCUT2D eigenvalue weighted by atomic mass is 10.1. The lowest BCUT2D eigenvalue weighted by Crippen LogP contribution is -2.01. The molecule has 4 nitrogen and oxygen atoms in total. The molecule has 0 radical (unpaired) electrons. The van der Waals surface area contributed by atoms with Crippen LogP contribution in [0.1, 0.15) is 11.1 Å². The molecule has 6 heteroatoms. The Hall–Kier alpha value is -2.63. The van der Waals surface area contributed by atoms with Gasteiger partial charge in [-0.3, -0.25) is 4.99 Å². The number of nitrogens with zero attached hydrogens (tertiary/aromatic N) is 1. The Morgan fingerprint density at radius 3 is 2.57 bits per heavy atom. The van der Waals surface area contributed by atoms with Gasteiger partial charge < -0.3 is 14.6 Å². The van der Waals surface area contributed by atoms with Crippen LogP contribution in [-0.2, 0) is 6.42 Å². The van der Waals surface area contributed by atoms with E-state index in [1.165, 1.54) is 19.2 Å². The minimum atomic E-state index is -2.82. The van der Waals surface area contributed by atoms with Gasteiger partial charge in [-0.25, -0.2) is 0 Å². The van der Waals surface area contributed by atoms with Crippen molar-refractivity contribution in [1.29, 1.82) is 0 Å². The SMILES string of the molecule is COc1cccc(C=NCCc2ccc(OC(F)F)cc2)c1O. The van der Waals surface area contributed by atoms with E-state index in [9.17, 15) is 13.9 Å². The van der Waals surface area contributed by atoms with Gasteiger partial charge in [-0.15, -0.1) is 0 Å². The first-order valence-electron chi connectivity index (χ1n) is 6.99. The highest BCUT2D eigenvalue weighted by atomic mass is 19.3. The molecule has 1 N–H and O–H groups in total. The average molecular weight is 321 g/mol. The Morgan fingerprint density at radius 1 is 1.17 bits per heavy atom. The molecule has 0 heterocycles. The van der Waals surface area contributed by atoms with E-state index >= 15 is 0 Å². The summed E-state index contributed by atoms with van der Waals surface area (Å²) in [6.45, 7) is -2.31. The van der Waals surface area contributed by atoms with E-state index in [2.05, 4.69) is 9.73 Å². The molecule has 2 rings (SSSR count). The molecule has 0 aliphatic heterocycles. The number of rotatable bonds is 7. The molecule has 2 aromatic rings. The number of ether oxygens (including phenoxy) is 2. The van der Waals surface area contributed by atoms with E-state index in [0.29, 0.717) is 24.3 Å². The van der Waals surface area contributed by atoms with Crippen molar-refractivity contribution in [2.24, 2.45) is 4.99 Å². The number of methoxy groups -OCH3 is 1. The maximum absolute atomic E-state index is 12.0. The molecule has 0 aliphatic rings. The zero-order valence-electron chi connectivity index (χ0n) is 12.6. The fourth-order valence-corrected chi connectivity index (χ4v) is 2.00. The summed E-state index contributed by atoms with van der Waals surface area (Å²) in [4.78, 5) is 4.25. The highest BCUT2D eigenvalue weighted by molar-refractivity contribution is 5.84. The van der Waals surface area contributed by atoms with Gasteiger partial charge in [-0.05, 0) is 36.2 Å². The van der Waals surface area contributed by atoms with Crippen LogP contribution in [0.5, 0.6) is 17.2 Å². The summed E-state index contributed by atoms with van der Waals surface area (Å²) < 4.78 is 33.4. The number of alkyl halides is 2. The number of aromatic hydroxyl groups is 1. The lowest BCUT2D eigenvalue weighted by Gasteiger charge is -2.05. The third-order valence-corrected chi connectivity index (χ3v) is 3.16. The molecule has 0 amide bonds. The van der Waals surface area contributed by atoms with E-state index in [1.807, 2.05) is 0 Å². The Bertz CT molecular complexity index is 657. The number of halogens is 2. The molecular formula is C17H17F2NO3. The van der Waals surface area contributed by atoms with Crippen LogP contribution in [0.25, 0.3) is 0 Å². The first-order valence-corrected chi connectivity index (χ1v) is 6.99. The second kappa shape index (κ2) is 8.12. The van der Waals surface area contributed by atoms with Crippen LogP contribution in [0.15, 0.2) is 47.5 Å². The van der Waals surface area contributed by atoms with Gasteiger partial charge in [0.2, 0.25) is 0 Å². The van der Waals surface area contributed by atoms with Gasteiger partial charge in [-0.2, -0.15) is 8.78 Å². The van der Waals surface area contributed by atoms with E-state index in [4.69, 9.17) is 4.74 Å². The highest BCUT2D eigenvalue weighted by Gasteiger charge is 2.05. The minimum absolute atomic E-state index is 0.0484. The molecule has 0 aliphatic carbocycles. The predicted octanol–water partition coefficient (Wildman–Crippen LogP) is 3.66. The molecule has 0 atom stereocenters.